The van der Waals surface area contributed by atoms with Gasteiger partial charge in [-0.1, -0.05) is 24.3 Å². The van der Waals surface area contributed by atoms with Crippen molar-refractivity contribution < 1.29 is 14.3 Å². The minimum Gasteiger partial charge on any atom is -0.378 e. The molecule has 0 bridgehead atoms. The molecule has 1 aliphatic carbocycles. The van der Waals surface area contributed by atoms with Gasteiger partial charge in [0.05, 0.1) is 24.9 Å². The van der Waals surface area contributed by atoms with E-state index in [0.29, 0.717) is 50.0 Å². The number of imide groups is 1. The summed E-state index contributed by atoms with van der Waals surface area (Å²) in [6.07, 6.45) is 5.27. The van der Waals surface area contributed by atoms with Gasteiger partial charge in [-0.3, -0.25) is 9.59 Å². The van der Waals surface area contributed by atoms with Crippen LogP contribution in [0, 0.1) is 18.8 Å². The molecule has 1 saturated heterocycles. The molecule has 2 fully saturated rings. The predicted molar refractivity (Wildman–Crippen MR) is 190 cm³/mol. The maximum Gasteiger partial charge on any atom is 0.251 e. The number of aromatic amines is 1. The van der Waals surface area contributed by atoms with E-state index in [1.807, 2.05) is 30.5 Å². The monoisotopic (exact) mass is 692 g/mol. The van der Waals surface area contributed by atoms with Crippen LogP contribution in [0.15, 0.2) is 60.8 Å². The lowest BCUT2D eigenvalue weighted by Gasteiger charge is -2.32. The molecule has 0 spiro atoms. The highest BCUT2D eigenvalue weighted by Crippen LogP contribution is 2.32. The van der Waals surface area contributed by atoms with Crippen LogP contribution < -0.4 is 21.3 Å². The number of nitrogens with two attached hydrogens (primary N) is 2. The average molecular weight is 694 g/mol. The van der Waals surface area contributed by atoms with Crippen LogP contribution in [0.3, 0.4) is 0 Å². The Kier molecular flexibility index (Phi) is 11.8. The summed E-state index contributed by atoms with van der Waals surface area (Å²) in [5.41, 5.74) is 17.7. The van der Waals surface area contributed by atoms with Crippen LogP contribution in [-0.4, -0.2) is 70.9 Å². The summed E-state index contributed by atoms with van der Waals surface area (Å²) in [4.78, 5) is 39.3. The van der Waals surface area contributed by atoms with Gasteiger partial charge in [-0.2, -0.15) is 0 Å². The van der Waals surface area contributed by atoms with Crippen molar-refractivity contribution >= 4 is 47.3 Å². The van der Waals surface area contributed by atoms with E-state index >= 15 is 0 Å². The number of benzene rings is 2. The quantitative estimate of drug-likeness (QED) is 0.221. The van der Waals surface area contributed by atoms with Crippen LogP contribution in [0.2, 0.25) is 5.28 Å². The molecular weight excluding hydrogens is 651 g/mol. The van der Waals surface area contributed by atoms with Gasteiger partial charge < -0.3 is 26.1 Å². The van der Waals surface area contributed by atoms with Crippen molar-refractivity contribution in [1.82, 2.24) is 20.2 Å². The minimum absolute atomic E-state index is 0. The van der Waals surface area contributed by atoms with E-state index in [9.17, 15) is 9.59 Å². The second-order valence-corrected chi connectivity index (χ2v) is 12.8. The maximum atomic E-state index is 14.1. The van der Waals surface area contributed by atoms with E-state index in [4.69, 9.17) is 32.8 Å². The number of nitrogens with zero attached hydrogens (tertiary/aromatic N) is 5. The van der Waals surface area contributed by atoms with Crippen molar-refractivity contribution in [1.29, 1.82) is 0 Å². The predicted octanol–water partition coefficient (Wildman–Crippen LogP) is 4.95. The number of ether oxygens (including phenoxy) is 1. The Bertz CT molecular complexity index is 1700. The Morgan fingerprint density at radius 1 is 1.04 bits per heavy atom. The number of carbonyl (C=O) groups excluding carboxylic acids is 2. The highest BCUT2D eigenvalue weighted by Gasteiger charge is 2.35. The van der Waals surface area contributed by atoms with E-state index in [0.717, 1.165) is 59.6 Å². The molecular formula is C35H42Cl2N8O3. The second kappa shape index (κ2) is 16.0. The molecule has 6 rings (SSSR count). The van der Waals surface area contributed by atoms with E-state index in [-0.39, 0.29) is 35.9 Å². The van der Waals surface area contributed by atoms with Crippen LogP contribution in [-0.2, 0) is 20.7 Å². The molecule has 2 aromatic carbocycles. The summed E-state index contributed by atoms with van der Waals surface area (Å²) in [6.45, 7) is 5.73. The first-order chi connectivity index (χ1) is 22.8. The number of halogens is 2. The summed E-state index contributed by atoms with van der Waals surface area (Å²) in [5, 5.41) is 8.01. The van der Waals surface area contributed by atoms with Crippen molar-refractivity contribution in [3.8, 4) is 22.5 Å². The molecule has 1 aliphatic heterocycles. The Morgan fingerprint density at radius 3 is 2.42 bits per heavy atom. The number of rotatable bonds is 9. The third-order valence-corrected chi connectivity index (χ3v) is 9.44. The lowest BCUT2D eigenvalue weighted by atomic mass is 9.81. The molecule has 3 heterocycles. The summed E-state index contributed by atoms with van der Waals surface area (Å²) in [6, 6.07) is 16.2. The van der Waals surface area contributed by atoms with E-state index < -0.39 is 11.9 Å². The number of amides is 2. The fraction of sp³-hybridized carbons (Fsp3) is 0.400. The number of anilines is 2. The smallest absolute Gasteiger partial charge is 0.251 e. The van der Waals surface area contributed by atoms with E-state index in [2.05, 4.69) is 33.1 Å². The summed E-state index contributed by atoms with van der Waals surface area (Å²) >= 11 is 5.91. The lowest BCUT2D eigenvalue weighted by Crippen LogP contribution is -2.50. The lowest BCUT2D eigenvalue weighted by molar-refractivity contribution is -0.130. The van der Waals surface area contributed by atoms with Crippen molar-refractivity contribution in [2.75, 3.05) is 42.6 Å². The van der Waals surface area contributed by atoms with E-state index in [1.165, 1.54) is 4.90 Å². The van der Waals surface area contributed by atoms with Crippen LogP contribution in [0.5, 0.6) is 0 Å². The highest BCUT2D eigenvalue weighted by molar-refractivity contribution is 6.28. The molecule has 2 aromatic heterocycles. The van der Waals surface area contributed by atoms with Crippen LogP contribution in [0.1, 0.15) is 36.8 Å². The van der Waals surface area contributed by atoms with Gasteiger partial charge in [0.2, 0.25) is 11.2 Å². The Hall–Kier alpha value is -3.87. The standard InChI is InChI=1S/C35H41ClN8O3.ClH/c1-22-17-31(43-13-15-47-16-14-43)39-21-29(22)27-4-2-3-24(18-27)19-30(38)34(46)44(33(45)26-7-5-23(20-37)6-8-26)28-11-9-25(10-12-28)32-40-35(36)42-41-32;/h2-4,9-12,17-18,21,23,26,30H,5-8,13-16,19-20,37-38H2,1H3,(H,40,41,42);1H/t23-,26-,30-;/m0./s1. The largest absolute Gasteiger partial charge is 0.378 e. The highest BCUT2D eigenvalue weighted by atomic mass is 35.5. The second-order valence-electron chi connectivity index (χ2n) is 12.4. The molecule has 13 heteroatoms. The summed E-state index contributed by atoms with van der Waals surface area (Å²) in [5.74, 6) is 0.888. The number of hydrogen-bond acceptors (Lipinski definition) is 9. The van der Waals surface area contributed by atoms with Gasteiger partial charge in [0.1, 0.15) is 5.82 Å². The van der Waals surface area contributed by atoms with E-state index in [1.54, 1.807) is 24.3 Å². The van der Waals surface area contributed by atoms with Gasteiger partial charge in [0.15, 0.2) is 5.82 Å². The topological polar surface area (TPSA) is 156 Å². The zero-order chi connectivity index (χ0) is 32.9. The van der Waals surface area contributed by atoms with Gasteiger partial charge >= 0.3 is 0 Å². The molecule has 11 nitrogen and oxygen atoms in total. The number of aryl methyl sites for hydroxylation is 1. The molecule has 2 aliphatic rings. The Balaban J connectivity index is 0.00000451. The molecule has 48 heavy (non-hydrogen) atoms. The Morgan fingerprint density at radius 2 is 1.77 bits per heavy atom. The third kappa shape index (κ3) is 8.04. The molecule has 254 valence electrons. The van der Waals surface area contributed by atoms with Crippen LogP contribution in [0.25, 0.3) is 22.5 Å². The first kappa shape index (κ1) is 35.4. The maximum absolute atomic E-state index is 14.1. The molecule has 1 saturated carbocycles. The number of pyridine rings is 1. The number of nitrogens with one attached hydrogen (secondary N) is 1. The van der Waals surface area contributed by atoms with Crippen molar-refractivity contribution in [2.24, 2.45) is 23.3 Å². The SMILES string of the molecule is Cc1cc(N2CCOCC2)ncc1-c1cccc(C[C@H](N)C(=O)N(c2ccc(-c3nnc(Cl)[nH]3)cc2)C(=O)[C@H]2CC[C@H](CN)CC2)c1.Cl. The van der Waals surface area contributed by atoms with Crippen molar-refractivity contribution in [3.05, 3.63) is 77.2 Å². The van der Waals surface area contributed by atoms with Crippen LogP contribution >= 0.6 is 24.0 Å². The average Bonchev–Trinajstić information content (AvgIpc) is 3.55. The van der Waals surface area contributed by atoms with Gasteiger partial charge in [-0.25, -0.2) is 9.88 Å². The molecule has 0 unspecified atom stereocenters. The van der Waals surface area contributed by atoms with Crippen molar-refractivity contribution in [2.45, 2.75) is 45.1 Å². The van der Waals surface area contributed by atoms with Crippen molar-refractivity contribution in [3.63, 3.8) is 0 Å². The number of carbonyl (C=O) groups is 2. The fourth-order valence-electron chi connectivity index (χ4n) is 6.51. The number of H-pyrrole nitrogens is 1. The Labute approximate surface area is 291 Å². The molecule has 4 aromatic rings. The van der Waals surface area contributed by atoms with Crippen LogP contribution in [0.4, 0.5) is 11.5 Å². The summed E-state index contributed by atoms with van der Waals surface area (Å²) < 4.78 is 5.48. The molecule has 1 atom stereocenters. The normalized spacial score (nSPS) is 18.5. The fourth-order valence-corrected chi connectivity index (χ4v) is 6.64. The zero-order valence-electron chi connectivity index (χ0n) is 27.0. The first-order valence-corrected chi connectivity index (χ1v) is 16.6. The number of hydrogen-bond donors (Lipinski definition) is 3. The molecule has 5 N–H and O–H groups in total. The van der Waals surface area contributed by atoms with Gasteiger partial charge in [-0.15, -0.1) is 22.6 Å². The van der Waals surface area contributed by atoms with Gasteiger partial charge in [0, 0.05) is 36.3 Å². The first-order valence-electron chi connectivity index (χ1n) is 16.2. The molecule has 0 radical (unpaired) electrons. The minimum atomic E-state index is -0.940. The zero-order valence-corrected chi connectivity index (χ0v) is 28.6. The third-order valence-electron chi connectivity index (χ3n) is 9.27. The summed E-state index contributed by atoms with van der Waals surface area (Å²) in [7, 11) is 0. The molecule has 2 amide bonds. The van der Waals surface area contributed by atoms with Gasteiger partial charge in [-0.05, 0) is 110 Å². The number of morpholine rings is 1. The number of aromatic nitrogens is 4. The van der Waals surface area contributed by atoms with Gasteiger partial charge in [0.25, 0.3) is 5.91 Å².